The van der Waals surface area contributed by atoms with E-state index in [9.17, 15) is 29.4 Å². The molecule has 0 radical (unpaired) electrons. The molecule has 12 heteroatoms. The van der Waals surface area contributed by atoms with Crippen LogP contribution < -0.4 is 22.1 Å². The highest BCUT2D eigenvalue weighted by Crippen LogP contribution is 2.00. The summed E-state index contributed by atoms with van der Waals surface area (Å²) in [6, 6.07) is -4.03. The molecule has 1 aromatic rings. The molecule has 0 fully saturated rings. The molecule has 0 saturated carbocycles. The summed E-state index contributed by atoms with van der Waals surface area (Å²) in [5, 5.41) is 22.7. The van der Waals surface area contributed by atoms with Crippen molar-refractivity contribution in [2.45, 2.75) is 31.0 Å². The number of nitrogens with zero attached hydrogens (tertiary/aromatic N) is 1. The number of aliphatic carboxylic acids is 1. The van der Waals surface area contributed by atoms with Gasteiger partial charge in [0.05, 0.1) is 25.4 Å². The fraction of sp³-hybridized carbons (Fsp3) is 0.462. The molecule has 25 heavy (non-hydrogen) atoms. The summed E-state index contributed by atoms with van der Waals surface area (Å²) >= 11 is 0. The molecule has 0 aromatic carbocycles. The number of carboxylic acids is 1. The van der Waals surface area contributed by atoms with Crippen molar-refractivity contribution in [2.24, 2.45) is 11.5 Å². The first-order valence-electron chi connectivity index (χ1n) is 7.20. The lowest BCUT2D eigenvalue weighted by atomic mass is 10.1. The van der Waals surface area contributed by atoms with Gasteiger partial charge in [0.1, 0.15) is 12.1 Å². The van der Waals surface area contributed by atoms with Gasteiger partial charge in [-0.1, -0.05) is 0 Å². The summed E-state index contributed by atoms with van der Waals surface area (Å²) in [5.41, 5.74) is 10.8. The number of primary amides is 1. The second kappa shape index (κ2) is 9.34. The van der Waals surface area contributed by atoms with Crippen molar-refractivity contribution in [3.8, 4) is 0 Å². The number of aliphatic hydroxyl groups is 1. The minimum absolute atomic E-state index is 0.0750. The largest absolute Gasteiger partial charge is 0.480 e. The van der Waals surface area contributed by atoms with Gasteiger partial charge in [0, 0.05) is 18.3 Å². The quantitative estimate of drug-likeness (QED) is 0.220. The molecule has 3 atom stereocenters. The third-order valence-electron chi connectivity index (χ3n) is 3.17. The van der Waals surface area contributed by atoms with Crippen LogP contribution in [0.15, 0.2) is 12.5 Å². The summed E-state index contributed by atoms with van der Waals surface area (Å²) in [5.74, 6) is -3.92. The number of carboxylic acid groups (broad SMARTS) is 1. The third-order valence-corrected chi connectivity index (χ3v) is 3.17. The molecule has 0 aliphatic heterocycles. The van der Waals surface area contributed by atoms with Crippen molar-refractivity contribution < 1.29 is 29.4 Å². The number of nitrogens with two attached hydrogens (primary N) is 2. The average molecular weight is 356 g/mol. The molecular weight excluding hydrogens is 336 g/mol. The van der Waals surface area contributed by atoms with E-state index >= 15 is 0 Å². The van der Waals surface area contributed by atoms with Gasteiger partial charge < -0.3 is 37.3 Å². The van der Waals surface area contributed by atoms with E-state index in [2.05, 4.69) is 20.6 Å². The Morgan fingerprint density at radius 3 is 2.32 bits per heavy atom. The molecule has 0 bridgehead atoms. The summed E-state index contributed by atoms with van der Waals surface area (Å²) in [6.07, 6.45) is 2.24. The maximum Gasteiger partial charge on any atom is 0.326 e. The van der Waals surface area contributed by atoms with Gasteiger partial charge in [-0.25, -0.2) is 9.78 Å². The van der Waals surface area contributed by atoms with E-state index < -0.39 is 54.8 Å². The van der Waals surface area contributed by atoms with Gasteiger partial charge >= 0.3 is 5.97 Å². The topological polar surface area (TPSA) is 214 Å². The Labute approximate surface area is 142 Å². The molecule has 12 nitrogen and oxygen atoms in total. The first kappa shape index (κ1) is 20.1. The molecule has 0 spiro atoms. The standard InChI is InChI=1S/C13H20N6O6/c14-7(2-10(15)21)11(22)19-9(4-20)12(23)18-8(13(24)25)1-6-3-16-5-17-6/h3,5,7-9,20H,1-2,4,14H2,(H2,15,21)(H,16,17)(H,18,23)(H,19,22)(H,24,25). The lowest BCUT2D eigenvalue weighted by molar-refractivity contribution is -0.142. The zero-order valence-electron chi connectivity index (χ0n) is 13.1. The summed E-state index contributed by atoms with van der Waals surface area (Å²) in [6.45, 7) is -0.794. The highest BCUT2D eigenvalue weighted by Gasteiger charge is 2.28. The lowest BCUT2D eigenvalue weighted by Gasteiger charge is -2.21. The Hall–Kier alpha value is -2.99. The van der Waals surface area contributed by atoms with Gasteiger partial charge in [-0.05, 0) is 0 Å². The number of hydrogen-bond donors (Lipinski definition) is 7. The van der Waals surface area contributed by atoms with Crippen molar-refractivity contribution in [2.75, 3.05) is 6.61 Å². The number of amides is 3. The van der Waals surface area contributed by atoms with E-state index in [0.717, 1.165) is 0 Å². The minimum atomic E-state index is -1.44. The van der Waals surface area contributed by atoms with Crippen molar-refractivity contribution >= 4 is 23.7 Å². The molecular formula is C13H20N6O6. The number of hydrogen-bond acceptors (Lipinski definition) is 7. The van der Waals surface area contributed by atoms with Crippen LogP contribution in [0.1, 0.15) is 12.1 Å². The zero-order valence-corrected chi connectivity index (χ0v) is 13.1. The fourth-order valence-electron chi connectivity index (χ4n) is 1.87. The van der Waals surface area contributed by atoms with Crippen LogP contribution in [0.25, 0.3) is 0 Å². The molecule has 1 rings (SSSR count). The molecule has 3 unspecified atom stereocenters. The van der Waals surface area contributed by atoms with Crippen molar-refractivity contribution in [3.05, 3.63) is 18.2 Å². The number of aromatic nitrogens is 2. The predicted octanol–water partition coefficient (Wildman–Crippen LogP) is -3.80. The van der Waals surface area contributed by atoms with E-state index in [-0.39, 0.29) is 6.42 Å². The number of aliphatic hydroxyl groups excluding tert-OH is 1. The van der Waals surface area contributed by atoms with E-state index in [4.69, 9.17) is 11.5 Å². The number of carbonyl (C=O) groups excluding carboxylic acids is 3. The first-order valence-corrected chi connectivity index (χ1v) is 7.20. The maximum absolute atomic E-state index is 12.1. The highest BCUT2D eigenvalue weighted by molar-refractivity contribution is 5.93. The van der Waals surface area contributed by atoms with Gasteiger partial charge in [-0.15, -0.1) is 0 Å². The van der Waals surface area contributed by atoms with Gasteiger partial charge in [-0.3, -0.25) is 14.4 Å². The zero-order chi connectivity index (χ0) is 19.0. The average Bonchev–Trinajstić information content (AvgIpc) is 3.03. The SMILES string of the molecule is NC(=O)CC(N)C(=O)NC(CO)C(=O)NC(Cc1cnc[nH]1)C(=O)O. The number of aromatic amines is 1. The Kier molecular flexibility index (Phi) is 7.49. The Morgan fingerprint density at radius 2 is 1.84 bits per heavy atom. The van der Waals surface area contributed by atoms with Crippen molar-refractivity contribution in [1.82, 2.24) is 20.6 Å². The smallest absolute Gasteiger partial charge is 0.326 e. The minimum Gasteiger partial charge on any atom is -0.480 e. The highest BCUT2D eigenvalue weighted by atomic mass is 16.4. The molecule has 0 aliphatic carbocycles. The van der Waals surface area contributed by atoms with Crippen LogP contribution in [0.5, 0.6) is 0 Å². The normalized spacial score (nSPS) is 14.2. The van der Waals surface area contributed by atoms with Crippen LogP contribution in [0.3, 0.4) is 0 Å². The molecule has 9 N–H and O–H groups in total. The Bertz CT molecular complexity index is 619. The van der Waals surface area contributed by atoms with Crippen LogP contribution in [-0.2, 0) is 25.6 Å². The molecule has 1 heterocycles. The van der Waals surface area contributed by atoms with Gasteiger partial charge in [0.15, 0.2) is 0 Å². The molecule has 138 valence electrons. The summed E-state index contributed by atoms with van der Waals surface area (Å²) < 4.78 is 0. The molecule has 3 amide bonds. The van der Waals surface area contributed by atoms with Crippen LogP contribution in [0.2, 0.25) is 0 Å². The van der Waals surface area contributed by atoms with E-state index in [1.54, 1.807) is 0 Å². The number of imidazole rings is 1. The Balaban J connectivity index is 2.68. The van der Waals surface area contributed by atoms with Crippen LogP contribution in [0.4, 0.5) is 0 Å². The van der Waals surface area contributed by atoms with Gasteiger partial charge in [0.25, 0.3) is 0 Å². The second-order valence-corrected chi connectivity index (χ2v) is 5.20. The van der Waals surface area contributed by atoms with Crippen LogP contribution >= 0.6 is 0 Å². The van der Waals surface area contributed by atoms with Crippen molar-refractivity contribution in [1.29, 1.82) is 0 Å². The molecule has 1 aromatic heterocycles. The third kappa shape index (κ3) is 6.56. The predicted molar refractivity (Wildman–Crippen MR) is 82.7 cm³/mol. The molecule has 0 saturated heterocycles. The number of nitrogens with one attached hydrogen (secondary N) is 3. The summed E-state index contributed by atoms with van der Waals surface area (Å²) in [7, 11) is 0. The fourth-order valence-corrected chi connectivity index (χ4v) is 1.87. The van der Waals surface area contributed by atoms with Crippen LogP contribution in [0, 0.1) is 0 Å². The first-order chi connectivity index (χ1) is 11.7. The van der Waals surface area contributed by atoms with E-state index in [1.165, 1.54) is 12.5 Å². The van der Waals surface area contributed by atoms with E-state index in [1.807, 2.05) is 0 Å². The monoisotopic (exact) mass is 356 g/mol. The maximum atomic E-state index is 12.1. The van der Waals surface area contributed by atoms with Crippen LogP contribution in [-0.4, -0.2) is 68.6 Å². The number of carbonyl (C=O) groups is 4. The number of rotatable bonds is 10. The van der Waals surface area contributed by atoms with Crippen molar-refractivity contribution in [3.63, 3.8) is 0 Å². The van der Waals surface area contributed by atoms with E-state index in [0.29, 0.717) is 5.69 Å². The molecule has 0 aliphatic rings. The summed E-state index contributed by atoms with van der Waals surface area (Å²) in [4.78, 5) is 52.3. The Morgan fingerprint density at radius 1 is 1.20 bits per heavy atom. The van der Waals surface area contributed by atoms with Gasteiger partial charge in [0.2, 0.25) is 17.7 Å². The number of H-pyrrole nitrogens is 1. The second-order valence-electron chi connectivity index (χ2n) is 5.20. The van der Waals surface area contributed by atoms with Gasteiger partial charge in [-0.2, -0.15) is 0 Å². The lowest BCUT2D eigenvalue weighted by Crippen LogP contribution is -2.56.